The lowest BCUT2D eigenvalue weighted by atomic mass is 10.2. The van der Waals surface area contributed by atoms with Crippen LogP contribution in [0.5, 0.6) is 0 Å². The zero-order valence-corrected chi connectivity index (χ0v) is 11.3. The number of rotatable bonds is 5. The maximum Gasteiger partial charge on any atom is 0.332 e. The Morgan fingerprint density at radius 3 is 2.68 bits per heavy atom. The summed E-state index contributed by atoms with van der Waals surface area (Å²) in [6.07, 6.45) is 6.44. The van der Waals surface area contributed by atoms with Gasteiger partial charge in [-0.3, -0.25) is 13.9 Å². The van der Waals surface area contributed by atoms with Gasteiger partial charge < -0.3 is 4.57 Å². The van der Waals surface area contributed by atoms with Crippen LogP contribution in [0.4, 0.5) is 0 Å². The van der Waals surface area contributed by atoms with E-state index in [-0.39, 0.29) is 11.2 Å². The van der Waals surface area contributed by atoms with Crippen molar-refractivity contribution in [3.05, 3.63) is 39.8 Å². The molecular weight excluding hydrogens is 244 g/mol. The van der Waals surface area contributed by atoms with Gasteiger partial charge in [0.25, 0.3) is 5.56 Å². The fraction of sp³-hybridized carbons (Fsp3) is 0.462. The second kappa shape index (κ2) is 5.26. The number of allylic oxidation sites excluding steroid dienone is 1. The molecule has 0 aromatic carbocycles. The van der Waals surface area contributed by atoms with Crippen LogP contribution in [-0.2, 0) is 20.6 Å². The summed E-state index contributed by atoms with van der Waals surface area (Å²) in [6.45, 7) is 4.40. The number of hydrogen-bond acceptors (Lipinski definition) is 3. The normalized spacial score (nSPS) is 11.1. The van der Waals surface area contributed by atoms with E-state index in [4.69, 9.17) is 0 Å². The molecule has 0 atom stereocenters. The highest BCUT2D eigenvalue weighted by molar-refractivity contribution is 5.69. The first kappa shape index (κ1) is 13.3. The minimum absolute atomic E-state index is 0.292. The van der Waals surface area contributed by atoms with Gasteiger partial charge in [-0.2, -0.15) is 0 Å². The van der Waals surface area contributed by atoms with Gasteiger partial charge >= 0.3 is 5.69 Å². The number of hydrogen-bond donors (Lipinski definition) is 0. The van der Waals surface area contributed by atoms with Gasteiger partial charge in [0.1, 0.15) is 0 Å². The van der Waals surface area contributed by atoms with E-state index in [2.05, 4.69) is 11.6 Å². The molecule has 0 unspecified atom stereocenters. The lowest BCUT2D eigenvalue weighted by Gasteiger charge is -2.06. The predicted octanol–water partition coefficient (Wildman–Crippen LogP) is 0.790. The number of imidazole rings is 1. The Bertz CT molecular complexity index is 721. The quantitative estimate of drug-likeness (QED) is 0.591. The van der Waals surface area contributed by atoms with Crippen molar-refractivity contribution in [1.29, 1.82) is 0 Å². The minimum Gasteiger partial charge on any atom is -0.325 e. The van der Waals surface area contributed by atoms with Crippen molar-refractivity contribution in [3.63, 3.8) is 0 Å². The van der Waals surface area contributed by atoms with Gasteiger partial charge in [-0.25, -0.2) is 9.78 Å². The topological polar surface area (TPSA) is 61.8 Å². The Hall–Kier alpha value is -2.11. The molecule has 0 saturated carbocycles. The highest BCUT2D eigenvalue weighted by Crippen LogP contribution is 2.07. The molecule has 102 valence electrons. The molecule has 2 heterocycles. The molecule has 0 fully saturated rings. The van der Waals surface area contributed by atoms with Crippen LogP contribution in [0.3, 0.4) is 0 Å². The molecule has 0 aliphatic carbocycles. The second-order valence-corrected chi connectivity index (χ2v) is 4.60. The molecule has 0 saturated heterocycles. The average Bonchev–Trinajstić information content (AvgIpc) is 2.83. The van der Waals surface area contributed by atoms with Gasteiger partial charge in [0.05, 0.1) is 6.33 Å². The lowest BCUT2D eigenvalue weighted by molar-refractivity contribution is 0.621. The third-order valence-corrected chi connectivity index (χ3v) is 3.27. The van der Waals surface area contributed by atoms with Gasteiger partial charge in [0.2, 0.25) is 0 Å². The first-order valence-corrected chi connectivity index (χ1v) is 6.29. The van der Waals surface area contributed by atoms with Gasteiger partial charge in [-0.1, -0.05) is 6.08 Å². The summed E-state index contributed by atoms with van der Waals surface area (Å²) < 4.78 is 4.33. The molecule has 0 radical (unpaired) electrons. The first-order valence-electron chi connectivity index (χ1n) is 6.29. The summed E-state index contributed by atoms with van der Waals surface area (Å²) in [5, 5.41) is 0. The van der Waals surface area contributed by atoms with Gasteiger partial charge in [0, 0.05) is 20.6 Å². The van der Waals surface area contributed by atoms with E-state index >= 15 is 0 Å². The van der Waals surface area contributed by atoms with Crippen LogP contribution in [0.15, 0.2) is 28.6 Å². The van der Waals surface area contributed by atoms with Crippen molar-refractivity contribution in [2.75, 3.05) is 0 Å². The van der Waals surface area contributed by atoms with Crippen molar-refractivity contribution in [3.8, 4) is 0 Å². The molecular formula is C13H18N4O2. The number of unbranched alkanes of at least 4 members (excludes halogenated alkanes) is 2. The summed E-state index contributed by atoms with van der Waals surface area (Å²) >= 11 is 0. The zero-order valence-electron chi connectivity index (χ0n) is 11.3. The second-order valence-electron chi connectivity index (χ2n) is 4.60. The van der Waals surface area contributed by atoms with Crippen LogP contribution in [0.1, 0.15) is 19.3 Å². The summed E-state index contributed by atoms with van der Waals surface area (Å²) in [6, 6.07) is 0. The Morgan fingerprint density at radius 2 is 2.00 bits per heavy atom. The number of fused-ring (bicyclic) bond motifs is 1. The summed E-state index contributed by atoms with van der Waals surface area (Å²) in [5.74, 6) is 0. The summed E-state index contributed by atoms with van der Waals surface area (Å²) in [7, 11) is 3.11. The average molecular weight is 262 g/mol. The summed E-state index contributed by atoms with van der Waals surface area (Å²) in [4.78, 5) is 28.1. The molecule has 6 nitrogen and oxygen atoms in total. The SMILES string of the molecule is C=CCCCCn1cnc2c1c(=O)n(C)c(=O)n2C. The highest BCUT2D eigenvalue weighted by Gasteiger charge is 2.13. The Kier molecular flexibility index (Phi) is 3.69. The molecule has 0 aliphatic rings. The van der Waals surface area contributed by atoms with Crippen LogP contribution in [0.25, 0.3) is 11.2 Å². The van der Waals surface area contributed by atoms with Crippen molar-refractivity contribution in [2.45, 2.75) is 25.8 Å². The standard InChI is InChI=1S/C13H18N4O2/c1-4-5-6-7-8-17-9-14-11-10(17)12(18)16(3)13(19)15(11)2/h4,9H,1,5-8H2,2-3H3. The van der Waals surface area contributed by atoms with Crippen molar-refractivity contribution < 1.29 is 0 Å². The van der Waals surface area contributed by atoms with E-state index in [0.717, 1.165) is 30.4 Å². The molecule has 6 heteroatoms. The maximum absolute atomic E-state index is 12.1. The largest absolute Gasteiger partial charge is 0.332 e. The number of aromatic nitrogens is 4. The monoisotopic (exact) mass is 262 g/mol. The van der Waals surface area contributed by atoms with Crippen LogP contribution in [-0.4, -0.2) is 18.7 Å². The molecule has 0 amide bonds. The molecule has 19 heavy (non-hydrogen) atoms. The van der Waals surface area contributed by atoms with Gasteiger partial charge in [0.15, 0.2) is 11.2 Å². The molecule has 0 aliphatic heterocycles. The van der Waals surface area contributed by atoms with E-state index in [1.807, 2.05) is 10.6 Å². The van der Waals surface area contributed by atoms with Gasteiger partial charge in [-0.15, -0.1) is 6.58 Å². The molecule has 0 N–H and O–H groups in total. The number of aryl methyl sites for hydroxylation is 2. The van der Waals surface area contributed by atoms with Crippen molar-refractivity contribution >= 4 is 11.2 Å². The van der Waals surface area contributed by atoms with Gasteiger partial charge in [-0.05, 0) is 19.3 Å². The summed E-state index contributed by atoms with van der Waals surface area (Å²) in [5.41, 5.74) is 0.286. The Labute approximate surface area is 110 Å². The van der Waals surface area contributed by atoms with E-state index < -0.39 is 0 Å². The first-order chi connectivity index (χ1) is 9.07. The van der Waals surface area contributed by atoms with E-state index in [9.17, 15) is 9.59 Å². The highest BCUT2D eigenvalue weighted by atomic mass is 16.2. The third-order valence-electron chi connectivity index (χ3n) is 3.27. The molecule has 2 rings (SSSR count). The van der Waals surface area contributed by atoms with Crippen molar-refractivity contribution in [2.24, 2.45) is 14.1 Å². The van der Waals surface area contributed by atoms with E-state index in [1.165, 1.54) is 11.6 Å². The zero-order chi connectivity index (χ0) is 14.0. The van der Waals surface area contributed by atoms with Crippen LogP contribution < -0.4 is 11.2 Å². The van der Waals surface area contributed by atoms with Crippen molar-refractivity contribution in [1.82, 2.24) is 18.7 Å². The minimum atomic E-state index is -0.352. The van der Waals surface area contributed by atoms with E-state index in [1.54, 1.807) is 13.4 Å². The fourth-order valence-electron chi connectivity index (χ4n) is 2.14. The predicted molar refractivity (Wildman–Crippen MR) is 74.3 cm³/mol. The Balaban J connectivity index is 2.45. The number of nitrogens with zero attached hydrogens (tertiary/aromatic N) is 4. The smallest absolute Gasteiger partial charge is 0.325 e. The Morgan fingerprint density at radius 1 is 1.26 bits per heavy atom. The van der Waals surface area contributed by atoms with Crippen LogP contribution >= 0.6 is 0 Å². The van der Waals surface area contributed by atoms with E-state index in [0.29, 0.717) is 11.2 Å². The fourth-order valence-corrected chi connectivity index (χ4v) is 2.14. The molecule has 2 aromatic rings. The third kappa shape index (κ3) is 2.25. The van der Waals surface area contributed by atoms with Crippen LogP contribution in [0, 0.1) is 0 Å². The maximum atomic E-state index is 12.1. The lowest BCUT2D eigenvalue weighted by Crippen LogP contribution is -2.37. The van der Waals surface area contributed by atoms with Crippen LogP contribution in [0.2, 0.25) is 0 Å². The molecule has 2 aromatic heterocycles. The molecule has 0 spiro atoms. The molecule has 0 bridgehead atoms.